The Kier molecular flexibility index (Phi) is 6.32. The molecule has 3 aliphatic rings. The molecular weight excluding hydrogens is 356 g/mol. The highest BCUT2D eigenvalue weighted by Gasteiger charge is 2.68. The van der Waals surface area contributed by atoms with Crippen LogP contribution in [0.25, 0.3) is 0 Å². The molecule has 0 aromatic rings. The van der Waals surface area contributed by atoms with Crippen molar-refractivity contribution in [3.05, 3.63) is 0 Å². The standard InChI is InChI=1S/C23H40O5/c1-15-8-10-23-11-9-17(27-7)19(23)22(15,4)18(28-14-26-6)12-21(3,13-25-5)20(24)16(23)2/h15-19H,8-14H2,1-7H3/t15-,16+,17-,18-,19-,21+,22+,23+/m1/s1. The zero-order valence-electron chi connectivity index (χ0n) is 18.9. The second-order valence-electron chi connectivity index (χ2n) is 10.2. The summed E-state index contributed by atoms with van der Waals surface area (Å²) in [5, 5.41) is 0. The fourth-order valence-corrected chi connectivity index (χ4v) is 7.33. The van der Waals surface area contributed by atoms with Gasteiger partial charge in [0.1, 0.15) is 12.6 Å². The Bertz CT molecular complexity index is 579. The van der Waals surface area contributed by atoms with Gasteiger partial charge in [0, 0.05) is 32.7 Å². The van der Waals surface area contributed by atoms with Gasteiger partial charge in [-0.05, 0) is 49.4 Å². The zero-order valence-corrected chi connectivity index (χ0v) is 18.9. The second-order valence-corrected chi connectivity index (χ2v) is 10.2. The van der Waals surface area contributed by atoms with Gasteiger partial charge in [0.2, 0.25) is 0 Å². The molecule has 0 heterocycles. The Morgan fingerprint density at radius 2 is 1.71 bits per heavy atom. The van der Waals surface area contributed by atoms with E-state index in [4.69, 9.17) is 18.9 Å². The minimum absolute atomic E-state index is 0.00741. The minimum atomic E-state index is -0.548. The predicted molar refractivity (Wildman–Crippen MR) is 108 cm³/mol. The molecule has 0 unspecified atom stereocenters. The number of hydrogen-bond acceptors (Lipinski definition) is 5. The number of Topliss-reactive ketones (excluding diaryl/α,β-unsaturated/α-hetero) is 1. The van der Waals surface area contributed by atoms with Gasteiger partial charge >= 0.3 is 0 Å². The van der Waals surface area contributed by atoms with E-state index in [-0.39, 0.29) is 35.7 Å². The van der Waals surface area contributed by atoms with Gasteiger partial charge in [0.05, 0.1) is 24.2 Å². The van der Waals surface area contributed by atoms with Gasteiger partial charge < -0.3 is 18.9 Å². The molecule has 3 fully saturated rings. The maximum atomic E-state index is 13.8. The number of methoxy groups -OCH3 is 3. The molecule has 0 aromatic carbocycles. The van der Waals surface area contributed by atoms with Crippen molar-refractivity contribution in [3.63, 3.8) is 0 Å². The molecule has 0 radical (unpaired) electrons. The van der Waals surface area contributed by atoms with E-state index in [9.17, 15) is 4.79 Å². The lowest BCUT2D eigenvalue weighted by atomic mass is 9.44. The molecule has 3 aliphatic carbocycles. The zero-order chi connectivity index (χ0) is 20.7. The molecule has 3 rings (SSSR count). The van der Waals surface area contributed by atoms with E-state index in [0.29, 0.717) is 30.6 Å². The molecule has 2 bridgehead atoms. The molecule has 28 heavy (non-hydrogen) atoms. The van der Waals surface area contributed by atoms with Crippen LogP contribution >= 0.6 is 0 Å². The van der Waals surface area contributed by atoms with Crippen molar-refractivity contribution in [2.24, 2.45) is 34.0 Å². The van der Waals surface area contributed by atoms with Crippen LogP contribution < -0.4 is 0 Å². The Hall–Kier alpha value is -0.490. The van der Waals surface area contributed by atoms with E-state index in [1.54, 1.807) is 14.2 Å². The number of carbonyl (C=O) groups is 1. The molecule has 0 N–H and O–H groups in total. The predicted octanol–water partition coefficient (Wildman–Crippen LogP) is 4.08. The molecule has 3 saturated carbocycles. The third-order valence-electron chi connectivity index (χ3n) is 8.99. The van der Waals surface area contributed by atoms with Gasteiger partial charge in [-0.15, -0.1) is 0 Å². The Morgan fingerprint density at radius 3 is 2.32 bits per heavy atom. The number of ketones is 1. The van der Waals surface area contributed by atoms with Crippen molar-refractivity contribution in [2.75, 3.05) is 34.7 Å². The summed E-state index contributed by atoms with van der Waals surface area (Å²) in [4.78, 5) is 13.8. The lowest BCUT2D eigenvalue weighted by Crippen LogP contribution is -2.63. The smallest absolute Gasteiger partial charge is 0.146 e. The summed E-state index contributed by atoms with van der Waals surface area (Å²) in [6.45, 7) is 9.68. The minimum Gasteiger partial charge on any atom is -0.384 e. The first-order chi connectivity index (χ1) is 13.2. The number of hydrogen-bond donors (Lipinski definition) is 0. The third kappa shape index (κ3) is 3.08. The Morgan fingerprint density at radius 1 is 1.04 bits per heavy atom. The maximum absolute atomic E-state index is 13.8. The van der Waals surface area contributed by atoms with Gasteiger partial charge in [-0.3, -0.25) is 4.79 Å². The van der Waals surface area contributed by atoms with Crippen molar-refractivity contribution < 1.29 is 23.7 Å². The topological polar surface area (TPSA) is 54.0 Å². The largest absolute Gasteiger partial charge is 0.384 e. The highest BCUT2D eigenvalue weighted by Crippen LogP contribution is 2.68. The SMILES string of the molecule is COCO[C@@H]1C[C@@](C)(COC)C(=O)[C@H](C)[C@@]23CC[C@@H](C)[C@]1(C)[C@H]2[C@H](OC)CC3. The summed E-state index contributed by atoms with van der Waals surface area (Å²) in [5.74, 6) is 1.16. The second kappa shape index (κ2) is 7.98. The van der Waals surface area contributed by atoms with Crippen molar-refractivity contribution >= 4 is 5.78 Å². The quantitative estimate of drug-likeness (QED) is 0.633. The molecule has 0 amide bonds. The number of rotatable bonds is 6. The summed E-state index contributed by atoms with van der Waals surface area (Å²) in [6, 6.07) is 0. The summed E-state index contributed by atoms with van der Waals surface area (Å²) in [5.41, 5.74) is -0.630. The molecule has 0 aliphatic heterocycles. The molecule has 5 heteroatoms. The summed E-state index contributed by atoms with van der Waals surface area (Å²) < 4.78 is 23.3. The van der Waals surface area contributed by atoms with Gasteiger partial charge in [-0.25, -0.2) is 0 Å². The van der Waals surface area contributed by atoms with E-state index in [1.165, 1.54) is 0 Å². The van der Waals surface area contributed by atoms with Crippen LogP contribution in [0.4, 0.5) is 0 Å². The lowest BCUT2D eigenvalue weighted by Gasteiger charge is -2.62. The van der Waals surface area contributed by atoms with E-state index in [2.05, 4.69) is 27.7 Å². The Balaban J connectivity index is 2.17. The molecule has 0 aromatic heterocycles. The molecule has 5 nitrogen and oxygen atoms in total. The maximum Gasteiger partial charge on any atom is 0.146 e. The Labute approximate surface area is 170 Å². The molecule has 162 valence electrons. The lowest BCUT2D eigenvalue weighted by molar-refractivity contribution is -0.221. The van der Waals surface area contributed by atoms with Crippen LogP contribution in [0.15, 0.2) is 0 Å². The summed E-state index contributed by atoms with van der Waals surface area (Å²) in [6.07, 6.45) is 5.10. The summed E-state index contributed by atoms with van der Waals surface area (Å²) >= 11 is 0. The first-order valence-electron chi connectivity index (χ1n) is 10.9. The van der Waals surface area contributed by atoms with Crippen molar-refractivity contribution in [3.8, 4) is 0 Å². The van der Waals surface area contributed by atoms with Gasteiger partial charge in [-0.1, -0.05) is 27.7 Å². The van der Waals surface area contributed by atoms with E-state index < -0.39 is 5.41 Å². The molecule has 0 saturated heterocycles. The normalized spacial score (nSPS) is 48.8. The average Bonchev–Trinajstić information content (AvgIpc) is 3.07. The van der Waals surface area contributed by atoms with Gasteiger partial charge in [-0.2, -0.15) is 0 Å². The van der Waals surface area contributed by atoms with Crippen LogP contribution in [0, 0.1) is 34.0 Å². The van der Waals surface area contributed by atoms with Crippen LogP contribution in [0.1, 0.15) is 59.8 Å². The van der Waals surface area contributed by atoms with Crippen LogP contribution in [0.5, 0.6) is 0 Å². The van der Waals surface area contributed by atoms with Crippen LogP contribution in [-0.2, 0) is 23.7 Å². The first kappa shape index (κ1) is 22.2. The summed E-state index contributed by atoms with van der Waals surface area (Å²) in [7, 11) is 5.18. The monoisotopic (exact) mass is 396 g/mol. The number of carbonyl (C=O) groups excluding carboxylic acids is 1. The molecular formula is C23H40O5. The van der Waals surface area contributed by atoms with Crippen LogP contribution in [0.3, 0.4) is 0 Å². The highest BCUT2D eigenvalue weighted by molar-refractivity contribution is 5.87. The number of ether oxygens (including phenoxy) is 4. The molecule has 0 spiro atoms. The highest BCUT2D eigenvalue weighted by atomic mass is 16.7. The van der Waals surface area contributed by atoms with Crippen molar-refractivity contribution in [1.29, 1.82) is 0 Å². The van der Waals surface area contributed by atoms with Crippen LogP contribution in [0.2, 0.25) is 0 Å². The van der Waals surface area contributed by atoms with Crippen molar-refractivity contribution in [1.82, 2.24) is 0 Å². The first-order valence-corrected chi connectivity index (χ1v) is 10.9. The van der Waals surface area contributed by atoms with Gasteiger partial charge in [0.15, 0.2) is 0 Å². The van der Waals surface area contributed by atoms with Crippen molar-refractivity contribution in [2.45, 2.75) is 72.0 Å². The third-order valence-corrected chi connectivity index (χ3v) is 8.99. The van der Waals surface area contributed by atoms with Gasteiger partial charge in [0.25, 0.3) is 0 Å². The molecule has 8 atom stereocenters. The van der Waals surface area contributed by atoms with E-state index in [0.717, 1.165) is 25.7 Å². The van der Waals surface area contributed by atoms with E-state index >= 15 is 0 Å². The fourth-order valence-electron chi connectivity index (χ4n) is 7.33. The van der Waals surface area contributed by atoms with E-state index in [1.807, 2.05) is 7.11 Å². The van der Waals surface area contributed by atoms with Crippen LogP contribution in [-0.4, -0.2) is 52.7 Å². The average molecular weight is 397 g/mol. The fraction of sp³-hybridized carbons (Fsp3) is 0.957.